The summed E-state index contributed by atoms with van der Waals surface area (Å²) in [6, 6.07) is 18.0. The Labute approximate surface area is 204 Å². The van der Waals surface area contributed by atoms with E-state index in [1.54, 1.807) is 37.3 Å². The average Bonchev–Trinajstić information content (AvgIpc) is 3.23. The first kappa shape index (κ1) is 24.3. The average molecular weight is 494 g/mol. The predicted molar refractivity (Wildman–Crippen MR) is 135 cm³/mol. The van der Waals surface area contributed by atoms with Crippen molar-refractivity contribution in [1.82, 2.24) is 3.97 Å². The lowest BCUT2D eigenvalue weighted by Gasteiger charge is -2.18. The smallest absolute Gasteiger partial charge is 0.303 e. The van der Waals surface area contributed by atoms with E-state index in [2.05, 4.69) is 0 Å². The van der Waals surface area contributed by atoms with Crippen molar-refractivity contribution in [1.29, 1.82) is 0 Å². The van der Waals surface area contributed by atoms with Gasteiger partial charge in [0.25, 0.3) is 10.0 Å². The highest BCUT2D eigenvalue weighted by Gasteiger charge is 2.28. The van der Waals surface area contributed by atoms with Crippen LogP contribution in [0.1, 0.15) is 24.5 Å². The summed E-state index contributed by atoms with van der Waals surface area (Å²) in [5.74, 6) is 0.0991. The standard InChI is InChI=1S/C27H27NO6S/c1-4-34-25-14-12-22(19-8-6-5-7-9-19)27(18(25)2)35(31,32)28-17-20(10-15-26(29)30)23-16-21(33-3)11-13-24(23)28/h5-9,11-14,16-17H,4,10,15H2,1-3H3,(H,29,30). The Morgan fingerprint density at radius 2 is 1.80 bits per heavy atom. The summed E-state index contributed by atoms with van der Waals surface area (Å²) in [4.78, 5) is 11.4. The molecule has 35 heavy (non-hydrogen) atoms. The zero-order valence-electron chi connectivity index (χ0n) is 19.8. The Morgan fingerprint density at radius 3 is 2.46 bits per heavy atom. The van der Waals surface area contributed by atoms with Crippen molar-refractivity contribution in [3.63, 3.8) is 0 Å². The van der Waals surface area contributed by atoms with Crippen LogP contribution in [0.15, 0.2) is 71.8 Å². The van der Waals surface area contributed by atoms with Gasteiger partial charge in [-0.15, -0.1) is 0 Å². The minimum atomic E-state index is -4.10. The van der Waals surface area contributed by atoms with Gasteiger partial charge in [-0.3, -0.25) is 4.79 Å². The fourth-order valence-electron chi connectivity index (χ4n) is 4.27. The number of carboxylic acids is 1. The first-order chi connectivity index (χ1) is 16.8. The van der Waals surface area contributed by atoms with E-state index < -0.39 is 16.0 Å². The number of carboxylic acid groups (broad SMARTS) is 1. The molecule has 1 N–H and O–H groups in total. The van der Waals surface area contributed by atoms with Crippen LogP contribution >= 0.6 is 0 Å². The second-order valence-corrected chi connectivity index (χ2v) is 9.85. The summed E-state index contributed by atoms with van der Waals surface area (Å²) in [6.07, 6.45) is 1.58. The summed E-state index contributed by atoms with van der Waals surface area (Å²) < 4.78 is 40.9. The van der Waals surface area contributed by atoms with Crippen LogP contribution in [0.2, 0.25) is 0 Å². The fraction of sp³-hybridized carbons (Fsp3) is 0.222. The largest absolute Gasteiger partial charge is 0.497 e. The van der Waals surface area contributed by atoms with Crippen LogP contribution in [0.25, 0.3) is 22.0 Å². The zero-order valence-corrected chi connectivity index (χ0v) is 20.6. The number of carbonyl (C=O) groups is 1. The third-order valence-electron chi connectivity index (χ3n) is 5.93. The number of nitrogens with zero attached hydrogens (tertiary/aromatic N) is 1. The van der Waals surface area contributed by atoms with E-state index in [0.717, 1.165) is 5.56 Å². The quantitative estimate of drug-likeness (QED) is 0.341. The first-order valence-electron chi connectivity index (χ1n) is 11.2. The molecule has 0 unspecified atom stereocenters. The molecule has 3 aromatic carbocycles. The molecule has 1 heterocycles. The molecule has 8 heteroatoms. The molecule has 1 aromatic heterocycles. The number of aromatic nitrogens is 1. The number of benzene rings is 3. The highest BCUT2D eigenvalue weighted by molar-refractivity contribution is 7.90. The topological polar surface area (TPSA) is 94.8 Å². The number of hydrogen-bond donors (Lipinski definition) is 1. The van der Waals surface area contributed by atoms with Gasteiger partial charge < -0.3 is 14.6 Å². The Hall–Kier alpha value is -3.78. The molecule has 0 aliphatic heterocycles. The molecule has 0 radical (unpaired) electrons. The van der Waals surface area contributed by atoms with E-state index in [9.17, 15) is 18.3 Å². The molecule has 0 saturated carbocycles. The molecule has 0 atom stereocenters. The number of aliphatic carboxylic acids is 1. The second kappa shape index (κ2) is 9.84. The number of rotatable bonds is 9. The van der Waals surface area contributed by atoms with Gasteiger partial charge in [-0.25, -0.2) is 12.4 Å². The van der Waals surface area contributed by atoms with Crippen molar-refractivity contribution in [2.75, 3.05) is 13.7 Å². The van der Waals surface area contributed by atoms with E-state index in [-0.39, 0.29) is 17.7 Å². The molecule has 0 bridgehead atoms. The van der Waals surface area contributed by atoms with Gasteiger partial charge in [0.15, 0.2) is 0 Å². The number of hydrogen-bond acceptors (Lipinski definition) is 5. The molecule has 0 aliphatic carbocycles. The van der Waals surface area contributed by atoms with E-state index in [1.807, 2.05) is 37.3 Å². The third kappa shape index (κ3) is 4.61. The summed E-state index contributed by atoms with van der Waals surface area (Å²) in [5.41, 5.74) is 2.90. The summed E-state index contributed by atoms with van der Waals surface area (Å²) in [7, 11) is -2.58. The van der Waals surface area contributed by atoms with Gasteiger partial charge in [-0.1, -0.05) is 30.3 Å². The number of methoxy groups -OCH3 is 1. The van der Waals surface area contributed by atoms with E-state index in [4.69, 9.17) is 9.47 Å². The van der Waals surface area contributed by atoms with Crippen LogP contribution in [0.3, 0.4) is 0 Å². The van der Waals surface area contributed by atoms with Crippen LogP contribution < -0.4 is 9.47 Å². The monoisotopic (exact) mass is 493 g/mol. The number of ether oxygens (including phenoxy) is 2. The molecular weight excluding hydrogens is 466 g/mol. The zero-order chi connectivity index (χ0) is 25.2. The molecule has 0 fully saturated rings. The van der Waals surface area contributed by atoms with Crippen molar-refractivity contribution >= 4 is 26.9 Å². The van der Waals surface area contributed by atoms with Gasteiger partial charge in [-0.05, 0) is 61.7 Å². The van der Waals surface area contributed by atoms with Crippen LogP contribution in [-0.4, -0.2) is 37.2 Å². The maximum Gasteiger partial charge on any atom is 0.303 e. The SMILES string of the molecule is CCOc1ccc(-c2ccccc2)c(S(=O)(=O)n2cc(CCC(=O)O)c3cc(OC)ccc32)c1C. The van der Waals surface area contributed by atoms with Gasteiger partial charge >= 0.3 is 5.97 Å². The van der Waals surface area contributed by atoms with Crippen molar-refractivity contribution < 1.29 is 27.8 Å². The van der Waals surface area contributed by atoms with Gasteiger partial charge in [0, 0.05) is 29.1 Å². The van der Waals surface area contributed by atoms with Crippen LogP contribution in [0.5, 0.6) is 11.5 Å². The van der Waals surface area contributed by atoms with Crippen LogP contribution in [0.4, 0.5) is 0 Å². The summed E-state index contributed by atoms with van der Waals surface area (Å²) in [5, 5.41) is 9.84. The normalized spacial score (nSPS) is 11.5. The molecule has 4 rings (SSSR count). The highest BCUT2D eigenvalue weighted by atomic mass is 32.2. The number of fused-ring (bicyclic) bond motifs is 1. The molecular formula is C27H27NO6S. The minimum absolute atomic E-state index is 0.121. The Morgan fingerprint density at radius 1 is 1.06 bits per heavy atom. The van der Waals surface area contributed by atoms with Crippen LogP contribution in [0, 0.1) is 6.92 Å². The van der Waals surface area contributed by atoms with Crippen molar-refractivity contribution in [3.8, 4) is 22.6 Å². The van der Waals surface area contributed by atoms with Gasteiger partial charge in [-0.2, -0.15) is 0 Å². The molecule has 0 saturated heterocycles. The van der Waals surface area contributed by atoms with Gasteiger partial charge in [0.1, 0.15) is 16.4 Å². The lowest BCUT2D eigenvalue weighted by atomic mass is 10.0. The third-order valence-corrected chi connectivity index (χ3v) is 7.79. The molecule has 7 nitrogen and oxygen atoms in total. The summed E-state index contributed by atoms with van der Waals surface area (Å²) >= 11 is 0. The lowest BCUT2D eigenvalue weighted by molar-refractivity contribution is -0.136. The molecule has 0 spiro atoms. The summed E-state index contributed by atoms with van der Waals surface area (Å²) in [6.45, 7) is 3.99. The lowest BCUT2D eigenvalue weighted by Crippen LogP contribution is -2.15. The maximum atomic E-state index is 14.3. The van der Waals surface area contributed by atoms with Crippen molar-refractivity contribution in [2.45, 2.75) is 31.6 Å². The van der Waals surface area contributed by atoms with Crippen molar-refractivity contribution in [2.24, 2.45) is 0 Å². The Kier molecular flexibility index (Phi) is 6.84. The van der Waals surface area contributed by atoms with E-state index in [1.165, 1.54) is 17.3 Å². The van der Waals surface area contributed by atoms with Gasteiger partial charge in [0.2, 0.25) is 0 Å². The van der Waals surface area contributed by atoms with Crippen molar-refractivity contribution in [3.05, 3.63) is 78.0 Å². The number of aryl methyl sites for hydroxylation is 1. The maximum absolute atomic E-state index is 14.3. The van der Waals surface area contributed by atoms with Crippen LogP contribution in [-0.2, 0) is 21.2 Å². The molecule has 0 amide bonds. The highest BCUT2D eigenvalue weighted by Crippen LogP contribution is 2.38. The van der Waals surface area contributed by atoms with E-state index >= 15 is 0 Å². The Balaban J connectivity index is 2.00. The predicted octanol–water partition coefficient (Wildman–Crippen LogP) is 5.28. The second-order valence-electron chi connectivity index (χ2n) is 8.10. The minimum Gasteiger partial charge on any atom is -0.497 e. The van der Waals surface area contributed by atoms with E-state index in [0.29, 0.717) is 45.7 Å². The van der Waals surface area contributed by atoms with Gasteiger partial charge in [0.05, 0.1) is 19.2 Å². The Bertz CT molecular complexity index is 1490. The fourth-order valence-corrected chi connectivity index (χ4v) is 6.11. The molecule has 4 aromatic rings. The first-order valence-corrected chi connectivity index (χ1v) is 12.7. The molecule has 0 aliphatic rings. The molecule has 182 valence electrons.